The lowest BCUT2D eigenvalue weighted by molar-refractivity contribution is -0.121. The number of fused-ring (bicyclic) bond motifs is 1. The lowest BCUT2D eigenvalue weighted by Crippen LogP contribution is -2.28. The predicted octanol–water partition coefficient (Wildman–Crippen LogP) is 3.45. The van der Waals surface area contributed by atoms with E-state index in [2.05, 4.69) is 5.32 Å². The number of aromatic carboxylic acids is 1. The van der Waals surface area contributed by atoms with Gasteiger partial charge in [-0.1, -0.05) is 17.7 Å². The van der Waals surface area contributed by atoms with Crippen molar-refractivity contribution < 1.29 is 14.7 Å². The molecule has 2 N–H and O–H groups in total. The van der Waals surface area contributed by atoms with Crippen LogP contribution < -0.4 is 5.32 Å². The van der Waals surface area contributed by atoms with Crippen LogP contribution in [0.3, 0.4) is 0 Å². The van der Waals surface area contributed by atoms with E-state index in [4.69, 9.17) is 16.7 Å². The van der Waals surface area contributed by atoms with Crippen molar-refractivity contribution in [3.8, 4) is 0 Å². The fourth-order valence-corrected chi connectivity index (χ4v) is 3.75. The van der Waals surface area contributed by atoms with Crippen molar-refractivity contribution in [1.29, 1.82) is 0 Å². The number of carboxylic acid groups (broad SMARTS) is 1. The van der Waals surface area contributed by atoms with E-state index in [0.717, 1.165) is 23.3 Å². The summed E-state index contributed by atoms with van der Waals surface area (Å²) in [6, 6.07) is 7.31. The van der Waals surface area contributed by atoms with Crippen molar-refractivity contribution in [2.75, 3.05) is 0 Å². The van der Waals surface area contributed by atoms with Gasteiger partial charge < -0.3 is 10.4 Å². The molecule has 2 aromatic rings. The third kappa shape index (κ3) is 3.15. The minimum absolute atomic E-state index is 0.0138. The summed E-state index contributed by atoms with van der Waals surface area (Å²) in [5.41, 5.74) is 2.53. The SMILES string of the molecule is O=C(Cc1cc(C(=O)O)cs1)NC1CCc2ccc(Cl)cc21. The Morgan fingerprint density at radius 3 is 2.91 bits per heavy atom. The molecule has 1 amide bonds. The van der Waals surface area contributed by atoms with Crippen molar-refractivity contribution in [2.24, 2.45) is 0 Å². The summed E-state index contributed by atoms with van der Waals surface area (Å²) in [5.74, 6) is -1.07. The minimum Gasteiger partial charge on any atom is -0.478 e. The first-order valence-corrected chi connectivity index (χ1v) is 8.17. The lowest BCUT2D eigenvalue weighted by Gasteiger charge is -2.14. The molecule has 0 bridgehead atoms. The van der Waals surface area contributed by atoms with Crippen molar-refractivity contribution in [2.45, 2.75) is 25.3 Å². The number of hydrogen-bond donors (Lipinski definition) is 2. The highest BCUT2D eigenvalue weighted by Crippen LogP contribution is 2.33. The van der Waals surface area contributed by atoms with Crippen molar-refractivity contribution in [3.63, 3.8) is 0 Å². The van der Waals surface area contributed by atoms with E-state index in [9.17, 15) is 9.59 Å². The molecule has 0 saturated carbocycles. The normalized spacial score (nSPS) is 16.3. The summed E-state index contributed by atoms with van der Waals surface area (Å²) < 4.78 is 0. The molecular weight excluding hydrogens is 322 g/mol. The molecule has 0 radical (unpaired) electrons. The van der Waals surface area contributed by atoms with E-state index >= 15 is 0 Å². The molecule has 1 aromatic carbocycles. The number of carboxylic acids is 1. The van der Waals surface area contributed by atoms with Gasteiger partial charge >= 0.3 is 5.97 Å². The molecule has 0 aliphatic heterocycles. The van der Waals surface area contributed by atoms with Gasteiger partial charge in [0.15, 0.2) is 0 Å². The second-order valence-corrected chi connectivity index (χ2v) is 6.72. The van der Waals surface area contributed by atoms with Crippen LogP contribution >= 0.6 is 22.9 Å². The number of rotatable bonds is 4. The van der Waals surface area contributed by atoms with Gasteiger partial charge in [0.1, 0.15) is 0 Å². The fourth-order valence-electron chi connectivity index (χ4n) is 2.71. The Bertz CT molecular complexity index is 741. The zero-order chi connectivity index (χ0) is 15.7. The average molecular weight is 336 g/mol. The quantitative estimate of drug-likeness (QED) is 0.899. The number of carbonyl (C=O) groups excluding carboxylic acids is 1. The first-order valence-electron chi connectivity index (χ1n) is 6.91. The third-order valence-electron chi connectivity index (χ3n) is 3.76. The number of benzene rings is 1. The topological polar surface area (TPSA) is 66.4 Å². The van der Waals surface area contributed by atoms with Gasteiger partial charge in [0, 0.05) is 15.3 Å². The van der Waals surface area contributed by atoms with E-state index in [0.29, 0.717) is 5.02 Å². The monoisotopic (exact) mass is 335 g/mol. The summed E-state index contributed by atoms with van der Waals surface area (Å²) >= 11 is 7.31. The molecule has 0 saturated heterocycles. The van der Waals surface area contributed by atoms with Crippen LogP contribution in [-0.2, 0) is 17.6 Å². The Labute approximate surface area is 136 Å². The van der Waals surface area contributed by atoms with Crippen LogP contribution in [0.25, 0.3) is 0 Å². The van der Waals surface area contributed by atoms with Crippen LogP contribution in [0.1, 0.15) is 38.8 Å². The minimum atomic E-state index is -0.970. The Balaban J connectivity index is 1.66. The van der Waals surface area contributed by atoms with Gasteiger partial charge in [-0.15, -0.1) is 11.3 Å². The number of halogens is 1. The fraction of sp³-hybridized carbons (Fsp3) is 0.250. The number of aryl methyl sites for hydroxylation is 1. The van der Waals surface area contributed by atoms with Crippen molar-refractivity contribution in [1.82, 2.24) is 5.32 Å². The third-order valence-corrected chi connectivity index (χ3v) is 4.93. The molecule has 1 heterocycles. The van der Waals surface area contributed by atoms with Gasteiger partial charge in [0.25, 0.3) is 0 Å². The molecule has 22 heavy (non-hydrogen) atoms. The predicted molar refractivity (Wildman–Crippen MR) is 85.6 cm³/mol. The Hall–Kier alpha value is -1.85. The molecule has 1 unspecified atom stereocenters. The van der Waals surface area contributed by atoms with Crippen LogP contribution in [-0.4, -0.2) is 17.0 Å². The van der Waals surface area contributed by atoms with Crippen LogP contribution in [0.4, 0.5) is 0 Å². The highest BCUT2D eigenvalue weighted by atomic mass is 35.5. The van der Waals surface area contributed by atoms with Crippen LogP contribution in [0.15, 0.2) is 29.6 Å². The van der Waals surface area contributed by atoms with Crippen LogP contribution in [0, 0.1) is 0 Å². The van der Waals surface area contributed by atoms with Gasteiger partial charge in [-0.3, -0.25) is 4.79 Å². The molecule has 0 spiro atoms. The zero-order valence-corrected chi connectivity index (χ0v) is 13.2. The number of carbonyl (C=O) groups is 2. The van der Waals surface area contributed by atoms with Crippen molar-refractivity contribution in [3.05, 3.63) is 56.2 Å². The second kappa shape index (κ2) is 6.10. The Kier molecular flexibility index (Phi) is 4.18. The first-order chi connectivity index (χ1) is 10.5. The molecule has 1 aromatic heterocycles. The average Bonchev–Trinajstić information content (AvgIpc) is 3.07. The van der Waals surface area contributed by atoms with Crippen LogP contribution in [0.2, 0.25) is 5.02 Å². The molecule has 0 fully saturated rings. The first kappa shape index (κ1) is 15.1. The van der Waals surface area contributed by atoms with Crippen LogP contribution in [0.5, 0.6) is 0 Å². The molecule has 1 atom stereocenters. The summed E-state index contributed by atoms with van der Waals surface area (Å²) in [6.45, 7) is 0. The molecule has 3 rings (SSSR count). The highest BCUT2D eigenvalue weighted by molar-refractivity contribution is 7.10. The lowest BCUT2D eigenvalue weighted by atomic mass is 10.1. The van der Waals surface area contributed by atoms with E-state index < -0.39 is 5.97 Å². The van der Waals surface area contributed by atoms with Crippen molar-refractivity contribution >= 4 is 34.8 Å². The number of hydrogen-bond acceptors (Lipinski definition) is 3. The summed E-state index contributed by atoms with van der Waals surface area (Å²) in [4.78, 5) is 23.7. The van der Waals surface area contributed by atoms with Gasteiger partial charge in [0.2, 0.25) is 5.91 Å². The maximum Gasteiger partial charge on any atom is 0.336 e. The van der Waals surface area contributed by atoms with E-state index in [1.54, 1.807) is 11.4 Å². The molecule has 114 valence electrons. The van der Waals surface area contributed by atoms with Gasteiger partial charge in [0.05, 0.1) is 18.0 Å². The molecule has 1 aliphatic carbocycles. The summed E-state index contributed by atoms with van der Waals surface area (Å²) in [6.07, 6.45) is 2.00. The second-order valence-electron chi connectivity index (χ2n) is 5.29. The van der Waals surface area contributed by atoms with Gasteiger partial charge in [-0.05, 0) is 42.2 Å². The summed E-state index contributed by atoms with van der Waals surface area (Å²) in [7, 11) is 0. The molecular formula is C16H14ClNO3S. The largest absolute Gasteiger partial charge is 0.478 e. The summed E-state index contributed by atoms with van der Waals surface area (Å²) in [5, 5.41) is 14.1. The Morgan fingerprint density at radius 1 is 1.36 bits per heavy atom. The maximum absolute atomic E-state index is 12.2. The van der Waals surface area contributed by atoms with E-state index in [1.165, 1.54) is 16.9 Å². The standard InChI is InChI=1S/C16H14ClNO3S/c17-11-3-1-9-2-4-14(13(9)6-11)18-15(19)7-12-5-10(8-22-12)16(20)21/h1,3,5-6,8,14H,2,4,7H2,(H,18,19)(H,20,21). The van der Waals surface area contributed by atoms with Gasteiger partial charge in [-0.2, -0.15) is 0 Å². The van der Waals surface area contributed by atoms with Gasteiger partial charge in [-0.25, -0.2) is 4.79 Å². The molecule has 1 aliphatic rings. The van der Waals surface area contributed by atoms with E-state index in [-0.39, 0.29) is 23.9 Å². The number of thiophene rings is 1. The molecule has 6 heteroatoms. The zero-order valence-electron chi connectivity index (χ0n) is 11.6. The molecule has 4 nitrogen and oxygen atoms in total. The highest BCUT2D eigenvalue weighted by Gasteiger charge is 2.24. The number of nitrogens with one attached hydrogen (secondary N) is 1. The van der Waals surface area contributed by atoms with E-state index in [1.807, 2.05) is 18.2 Å². The number of amides is 1. The Morgan fingerprint density at radius 2 is 2.18 bits per heavy atom. The maximum atomic E-state index is 12.2. The smallest absolute Gasteiger partial charge is 0.336 e.